The number of benzene rings is 2. The van der Waals surface area contributed by atoms with Crippen LogP contribution in [0.3, 0.4) is 0 Å². The Hall–Kier alpha value is -2.17. The summed E-state index contributed by atoms with van der Waals surface area (Å²) in [5, 5.41) is 3.95. The quantitative estimate of drug-likeness (QED) is 0.806. The molecule has 24 heavy (non-hydrogen) atoms. The van der Waals surface area contributed by atoms with Gasteiger partial charge in [0.2, 0.25) is 12.7 Å². The molecule has 1 N–H and O–H groups in total. The number of carbonyl (C=O) groups is 1. The Balaban J connectivity index is 1.64. The molecule has 0 radical (unpaired) electrons. The maximum atomic E-state index is 12.1. The first-order chi connectivity index (χ1) is 11.5. The van der Waals surface area contributed by atoms with Crippen molar-refractivity contribution in [1.82, 2.24) is 5.32 Å². The van der Waals surface area contributed by atoms with Crippen LogP contribution >= 0.6 is 23.2 Å². The minimum atomic E-state index is -0.233. The van der Waals surface area contributed by atoms with Crippen LogP contribution in [0.2, 0.25) is 10.0 Å². The van der Waals surface area contributed by atoms with E-state index in [0.29, 0.717) is 21.5 Å². The van der Waals surface area contributed by atoms with Gasteiger partial charge >= 0.3 is 0 Å². The first-order valence-corrected chi connectivity index (χ1v) is 8.12. The van der Waals surface area contributed by atoms with E-state index in [2.05, 4.69) is 5.32 Å². The Labute approximate surface area is 150 Å². The molecule has 0 saturated carbocycles. The van der Waals surface area contributed by atoms with Crippen LogP contribution in [-0.2, 0) is 4.79 Å². The molecule has 3 rings (SSSR count). The van der Waals surface area contributed by atoms with Gasteiger partial charge in [-0.2, -0.15) is 0 Å². The van der Waals surface area contributed by atoms with Gasteiger partial charge in [-0.25, -0.2) is 0 Å². The van der Waals surface area contributed by atoms with Crippen LogP contribution in [0.1, 0.15) is 24.1 Å². The van der Waals surface area contributed by atoms with Crippen molar-refractivity contribution < 1.29 is 14.3 Å². The molecule has 2 aromatic carbocycles. The molecule has 1 atom stereocenters. The lowest BCUT2D eigenvalue weighted by molar-refractivity contribution is -0.117. The van der Waals surface area contributed by atoms with E-state index in [9.17, 15) is 4.79 Å². The number of nitrogens with one attached hydrogen (secondary N) is 1. The molecule has 6 heteroatoms. The highest BCUT2D eigenvalue weighted by Gasteiger charge is 2.13. The second-order valence-corrected chi connectivity index (χ2v) is 6.19. The minimum absolute atomic E-state index is 0.216. The van der Waals surface area contributed by atoms with Crippen LogP contribution in [0.15, 0.2) is 42.5 Å². The monoisotopic (exact) mass is 363 g/mol. The van der Waals surface area contributed by atoms with Gasteiger partial charge < -0.3 is 14.8 Å². The SMILES string of the molecule is CC(NC(=O)/C=C/c1ccc2c(c1)OCO2)c1ccc(Cl)cc1Cl. The van der Waals surface area contributed by atoms with E-state index in [0.717, 1.165) is 11.1 Å². The lowest BCUT2D eigenvalue weighted by Gasteiger charge is -2.14. The predicted molar refractivity (Wildman–Crippen MR) is 94.6 cm³/mol. The average molecular weight is 364 g/mol. The number of amides is 1. The maximum Gasteiger partial charge on any atom is 0.244 e. The third-order valence-electron chi connectivity index (χ3n) is 3.61. The zero-order chi connectivity index (χ0) is 17.1. The molecule has 0 bridgehead atoms. The van der Waals surface area contributed by atoms with Gasteiger partial charge in [0, 0.05) is 16.1 Å². The average Bonchev–Trinajstić information content (AvgIpc) is 3.00. The number of fused-ring (bicyclic) bond motifs is 1. The van der Waals surface area contributed by atoms with Gasteiger partial charge in [-0.3, -0.25) is 4.79 Å². The molecule has 0 fully saturated rings. The number of halogens is 2. The van der Waals surface area contributed by atoms with E-state index in [1.54, 1.807) is 24.3 Å². The van der Waals surface area contributed by atoms with Crippen molar-refractivity contribution in [2.24, 2.45) is 0 Å². The Morgan fingerprint density at radius 2 is 1.96 bits per heavy atom. The minimum Gasteiger partial charge on any atom is -0.454 e. The summed E-state index contributed by atoms with van der Waals surface area (Å²) in [5.41, 5.74) is 1.66. The highest BCUT2D eigenvalue weighted by atomic mass is 35.5. The fourth-order valence-electron chi connectivity index (χ4n) is 2.38. The van der Waals surface area contributed by atoms with Gasteiger partial charge in [-0.15, -0.1) is 0 Å². The van der Waals surface area contributed by atoms with Gasteiger partial charge in [-0.05, 0) is 48.4 Å². The summed E-state index contributed by atoms with van der Waals surface area (Å²) < 4.78 is 10.6. The van der Waals surface area contributed by atoms with E-state index in [-0.39, 0.29) is 18.7 Å². The van der Waals surface area contributed by atoms with E-state index >= 15 is 0 Å². The van der Waals surface area contributed by atoms with E-state index < -0.39 is 0 Å². The van der Waals surface area contributed by atoms with Crippen molar-refractivity contribution in [3.63, 3.8) is 0 Å². The number of hydrogen-bond donors (Lipinski definition) is 1. The summed E-state index contributed by atoms with van der Waals surface area (Å²) in [6.07, 6.45) is 3.19. The largest absolute Gasteiger partial charge is 0.454 e. The second-order valence-electron chi connectivity index (χ2n) is 5.34. The molecule has 1 aliphatic rings. The smallest absolute Gasteiger partial charge is 0.244 e. The second kappa shape index (κ2) is 7.16. The fourth-order valence-corrected chi connectivity index (χ4v) is 2.95. The van der Waals surface area contributed by atoms with Crippen molar-refractivity contribution >= 4 is 35.2 Å². The summed E-state index contributed by atoms with van der Waals surface area (Å²) in [4.78, 5) is 12.1. The Morgan fingerprint density at radius 1 is 1.17 bits per heavy atom. The molecular formula is C18H15Cl2NO3. The molecule has 124 valence electrons. The molecule has 1 unspecified atom stereocenters. The van der Waals surface area contributed by atoms with Crippen molar-refractivity contribution in [3.8, 4) is 11.5 Å². The molecule has 2 aromatic rings. The molecule has 1 heterocycles. The number of carbonyl (C=O) groups excluding carboxylic acids is 1. The van der Waals surface area contributed by atoms with Gasteiger partial charge in [-0.1, -0.05) is 35.3 Å². The van der Waals surface area contributed by atoms with Crippen LogP contribution in [0.5, 0.6) is 11.5 Å². The van der Waals surface area contributed by atoms with Crippen molar-refractivity contribution in [2.45, 2.75) is 13.0 Å². The first kappa shape index (κ1) is 16.7. The third kappa shape index (κ3) is 3.83. The normalized spacial score (nSPS) is 14.0. The van der Waals surface area contributed by atoms with Gasteiger partial charge in [0.25, 0.3) is 0 Å². The maximum absolute atomic E-state index is 12.1. The van der Waals surface area contributed by atoms with Crippen molar-refractivity contribution in [2.75, 3.05) is 6.79 Å². The van der Waals surface area contributed by atoms with Crippen LogP contribution in [0.25, 0.3) is 6.08 Å². The predicted octanol–water partition coefficient (Wildman–Crippen LogP) is 4.61. The Kier molecular flexibility index (Phi) is 4.97. The van der Waals surface area contributed by atoms with Crippen LogP contribution in [0.4, 0.5) is 0 Å². The lowest BCUT2D eigenvalue weighted by Crippen LogP contribution is -2.24. The van der Waals surface area contributed by atoms with E-state index in [4.69, 9.17) is 32.7 Å². The van der Waals surface area contributed by atoms with E-state index in [1.807, 2.05) is 25.1 Å². The Bertz CT molecular complexity index is 805. The molecular weight excluding hydrogens is 349 g/mol. The highest BCUT2D eigenvalue weighted by Crippen LogP contribution is 2.32. The Morgan fingerprint density at radius 3 is 2.75 bits per heavy atom. The third-order valence-corrected chi connectivity index (χ3v) is 4.17. The topological polar surface area (TPSA) is 47.6 Å². The number of hydrogen-bond acceptors (Lipinski definition) is 3. The first-order valence-electron chi connectivity index (χ1n) is 7.36. The molecule has 1 amide bonds. The fraction of sp³-hybridized carbons (Fsp3) is 0.167. The summed E-state index contributed by atoms with van der Waals surface area (Å²) in [5.74, 6) is 1.17. The van der Waals surface area contributed by atoms with E-state index in [1.165, 1.54) is 6.08 Å². The molecule has 0 spiro atoms. The molecule has 4 nitrogen and oxygen atoms in total. The number of ether oxygens (including phenoxy) is 2. The molecule has 0 aliphatic carbocycles. The van der Waals surface area contributed by atoms with Crippen LogP contribution < -0.4 is 14.8 Å². The standard InChI is InChI=1S/C18H15Cl2NO3/c1-11(14-5-4-13(19)9-15(14)20)21-18(22)7-3-12-2-6-16-17(8-12)24-10-23-16/h2-9,11H,10H2,1H3,(H,21,22)/b7-3+. The summed E-state index contributed by atoms with van der Waals surface area (Å²) in [6, 6.07) is 10.5. The van der Waals surface area contributed by atoms with Gasteiger partial charge in [0.15, 0.2) is 11.5 Å². The van der Waals surface area contributed by atoms with Gasteiger partial charge in [0.1, 0.15) is 0 Å². The summed E-state index contributed by atoms with van der Waals surface area (Å²) >= 11 is 12.0. The zero-order valence-corrected chi connectivity index (χ0v) is 14.4. The molecule has 1 aliphatic heterocycles. The zero-order valence-electron chi connectivity index (χ0n) is 12.9. The highest BCUT2D eigenvalue weighted by molar-refractivity contribution is 6.35. The molecule has 0 aromatic heterocycles. The van der Waals surface area contributed by atoms with Crippen LogP contribution in [-0.4, -0.2) is 12.7 Å². The lowest BCUT2D eigenvalue weighted by atomic mass is 10.1. The number of rotatable bonds is 4. The van der Waals surface area contributed by atoms with Crippen molar-refractivity contribution in [3.05, 3.63) is 63.6 Å². The van der Waals surface area contributed by atoms with Gasteiger partial charge in [0.05, 0.1) is 6.04 Å². The van der Waals surface area contributed by atoms with Crippen LogP contribution in [0, 0.1) is 0 Å². The summed E-state index contributed by atoms with van der Waals surface area (Å²) in [7, 11) is 0. The molecule has 0 saturated heterocycles. The van der Waals surface area contributed by atoms with Crippen molar-refractivity contribution in [1.29, 1.82) is 0 Å². The summed E-state index contributed by atoms with van der Waals surface area (Å²) in [6.45, 7) is 2.09.